The summed E-state index contributed by atoms with van der Waals surface area (Å²) in [5, 5.41) is 9.53. The van der Waals surface area contributed by atoms with Crippen LogP contribution in [-0.4, -0.2) is 13.2 Å². The smallest absolute Gasteiger partial charge is 0.119 e. The van der Waals surface area contributed by atoms with Crippen LogP contribution >= 0.6 is 0 Å². The van der Waals surface area contributed by atoms with Crippen molar-refractivity contribution in [2.75, 3.05) is 13.2 Å². The third kappa shape index (κ3) is 4.75. The summed E-state index contributed by atoms with van der Waals surface area (Å²) in [6, 6.07) is 20.0. The SMILES string of the molecule is CCOc1ccc(OCCCC(C)(C#N)c2ccccc2)cc1. The highest BCUT2D eigenvalue weighted by Crippen LogP contribution is 2.28. The summed E-state index contributed by atoms with van der Waals surface area (Å²) in [5.74, 6) is 1.67. The number of rotatable bonds is 8. The van der Waals surface area contributed by atoms with Gasteiger partial charge in [0.2, 0.25) is 0 Å². The monoisotopic (exact) mass is 309 g/mol. The summed E-state index contributed by atoms with van der Waals surface area (Å²) in [6.45, 7) is 5.20. The van der Waals surface area contributed by atoms with Gasteiger partial charge in [-0.1, -0.05) is 30.3 Å². The van der Waals surface area contributed by atoms with E-state index in [9.17, 15) is 5.26 Å². The molecule has 0 radical (unpaired) electrons. The lowest BCUT2D eigenvalue weighted by molar-refractivity contribution is 0.294. The molecule has 0 N–H and O–H groups in total. The van der Waals surface area contributed by atoms with E-state index in [1.165, 1.54) is 0 Å². The number of ether oxygens (including phenoxy) is 2. The van der Waals surface area contributed by atoms with Gasteiger partial charge in [-0.3, -0.25) is 0 Å². The molecule has 0 aliphatic carbocycles. The van der Waals surface area contributed by atoms with Crippen molar-refractivity contribution in [2.24, 2.45) is 0 Å². The molecule has 0 aliphatic rings. The Kier molecular flexibility index (Phi) is 6.05. The van der Waals surface area contributed by atoms with Gasteiger partial charge in [-0.05, 0) is 56.5 Å². The fourth-order valence-electron chi connectivity index (χ4n) is 2.49. The molecule has 0 saturated carbocycles. The van der Waals surface area contributed by atoms with Gasteiger partial charge in [-0.25, -0.2) is 0 Å². The second-order valence-electron chi connectivity index (χ2n) is 5.67. The normalized spacial score (nSPS) is 12.9. The maximum Gasteiger partial charge on any atom is 0.119 e. The zero-order valence-corrected chi connectivity index (χ0v) is 13.8. The second-order valence-corrected chi connectivity index (χ2v) is 5.67. The molecule has 0 saturated heterocycles. The van der Waals surface area contributed by atoms with Crippen molar-refractivity contribution in [2.45, 2.75) is 32.1 Å². The highest BCUT2D eigenvalue weighted by molar-refractivity contribution is 5.32. The van der Waals surface area contributed by atoms with Gasteiger partial charge in [0.25, 0.3) is 0 Å². The zero-order chi connectivity index (χ0) is 16.5. The molecule has 3 nitrogen and oxygen atoms in total. The number of nitrogens with zero attached hydrogens (tertiary/aromatic N) is 1. The predicted molar refractivity (Wildman–Crippen MR) is 91.7 cm³/mol. The van der Waals surface area contributed by atoms with Crippen molar-refractivity contribution in [1.82, 2.24) is 0 Å². The zero-order valence-electron chi connectivity index (χ0n) is 13.8. The first kappa shape index (κ1) is 16.9. The molecule has 2 aromatic rings. The molecule has 0 bridgehead atoms. The van der Waals surface area contributed by atoms with E-state index in [-0.39, 0.29) is 0 Å². The number of nitriles is 1. The Morgan fingerprint density at radius 1 is 0.957 bits per heavy atom. The molecule has 1 atom stereocenters. The van der Waals surface area contributed by atoms with E-state index in [2.05, 4.69) is 6.07 Å². The Balaban J connectivity index is 1.83. The topological polar surface area (TPSA) is 42.2 Å². The van der Waals surface area contributed by atoms with Crippen LogP contribution in [0.4, 0.5) is 0 Å². The lowest BCUT2D eigenvalue weighted by Crippen LogP contribution is -2.20. The summed E-state index contributed by atoms with van der Waals surface area (Å²) in [5.41, 5.74) is 0.590. The highest BCUT2D eigenvalue weighted by atomic mass is 16.5. The summed E-state index contributed by atoms with van der Waals surface area (Å²) < 4.78 is 11.2. The van der Waals surface area contributed by atoms with Gasteiger partial charge in [0.1, 0.15) is 11.5 Å². The van der Waals surface area contributed by atoms with Crippen molar-refractivity contribution in [3.05, 3.63) is 60.2 Å². The quantitative estimate of drug-likeness (QED) is 0.662. The maximum absolute atomic E-state index is 9.53. The lowest BCUT2D eigenvalue weighted by atomic mass is 9.80. The van der Waals surface area contributed by atoms with Gasteiger partial charge in [-0.2, -0.15) is 5.26 Å². The van der Waals surface area contributed by atoms with E-state index >= 15 is 0 Å². The number of hydrogen-bond donors (Lipinski definition) is 0. The van der Waals surface area contributed by atoms with Gasteiger partial charge >= 0.3 is 0 Å². The Labute approximate surface area is 138 Å². The third-order valence-corrected chi connectivity index (χ3v) is 3.88. The fourth-order valence-corrected chi connectivity index (χ4v) is 2.49. The molecule has 0 aliphatic heterocycles. The second kappa shape index (κ2) is 8.24. The Morgan fingerprint density at radius 3 is 2.13 bits per heavy atom. The lowest BCUT2D eigenvalue weighted by Gasteiger charge is -2.22. The minimum Gasteiger partial charge on any atom is -0.494 e. The first-order valence-electron chi connectivity index (χ1n) is 8.00. The molecule has 0 fully saturated rings. The molecule has 0 spiro atoms. The van der Waals surface area contributed by atoms with Crippen molar-refractivity contribution in [3.8, 4) is 17.6 Å². The van der Waals surface area contributed by atoms with Crippen LogP contribution in [0.5, 0.6) is 11.5 Å². The van der Waals surface area contributed by atoms with Crippen LogP contribution < -0.4 is 9.47 Å². The Bertz CT molecular complexity index is 631. The van der Waals surface area contributed by atoms with Gasteiger partial charge in [0.15, 0.2) is 0 Å². The van der Waals surface area contributed by atoms with E-state index in [0.29, 0.717) is 13.2 Å². The van der Waals surface area contributed by atoms with Gasteiger partial charge < -0.3 is 9.47 Å². The molecule has 0 aromatic heterocycles. The van der Waals surface area contributed by atoms with E-state index in [1.807, 2.05) is 68.4 Å². The van der Waals surface area contributed by atoms with E-state index in [4.69, 9.17) is 9.47 Å². The predicted octanol–water partition coefficient (Wildman–Crippen LogP) is 4.73. The summed E-state index contributed by atoms with van der Waals surface area (Å²) in [6.07, 6.45) is 1.59. The van der Waals surface area contributed by atoms with Crippen molar-refractivity contribution in [3.63, 3.8) is 0 Å². The summed E-state index contributed by atoms with van der Waals surface area (Å²) in [4.78, 5) is 0. The fraction of sp³-hybridized carbons (Fsp3) is 0.350. The molecule has 0 amide bonds. The van der Waals surface area contributed by atoms with Crippen LogP contribution in [0.2, 0.25) is 0 Å². The minimum atomic E-state index is -0.469. The molecule has 3 heteroatoms. The van der Waals surface area contributed by atoms with E-state index < -0.39 is 5.41 Å². The Morgan fingerprint density at radius 2 is 1.57 bits per heavy atom. The average Bonchev–Trinajstić information content (AvgIpc) is 2.61. The van der Waals surface area contributed by atoms with Gasteiger partial charge in [-0.15, -0.1) is 0 Å². The third-order valence-electron chi connectivity index (χ3n) is 3.88. The molecule has 2 aromatic carbocycles. The largest absolute Gasteiger partial charge is 0.494 e. The first-order valence-corrected chi connectivity index (χ1v) is 8.00. The van der Waals surface area contributed by atoms with E-state index in [1.54, 1.807) is 0 Å². The standard InChI is InChI=1S/C20H23NO2/c1-3-22-18-10-12-19(13-11-18)23-15-7-14-20(2,16-21)17-8-5-4-6-9-17/h4-6,8-13H,3,7,14-15H2,1-2H3. The minimum absolute atomic E-state index is 0.469. The van der Waals surface area contributed by atoms with Crippen molar-refractivity contribution < 1.29 is 9.47 Å². The van der Waals surface area contributed by atoms with Crippen molar-refractivity contribution in [1.29, 1.82) is 5.26 Å². The molecule has 0 heterocycles. The molecular weight excluding hydrogens is 286 g/mol. The van der Waals surface area contributed by atoms with Crippen molar-refractivity contribution >= 4 is 0 Å². The number of hydrogen-bond acceptors (Lipinski definition) is 3. The molecule has 120 valence electrons. The molecule has 1 unspecified atom stereocenters. The van der Waals surface area contributed by atoms with Crippen LogP contribution in [0.3, 0.4) is 0 Å². The van der Waals surface area contributed by atoms with Gasteiger partial charge in [0, 0.05) is 0 Å². The number of benzene rings is 2. The first-order chi connectivity index (χ1) is 11.2. The van der Waals surface area contributed by atoms with E-state index in [0.717, 1.165) is 29.9 Å². The Hall–Kier alpha value is -2.47. The van der Waals surface area contributed by atoms with Crippen LogP contribution in [0.25, 0.3) is 0 Å². The van der Waals surface area contributed by atoms with Gasteiger partial charge in [0.05, 0.1) is 24.7 Å². The van der Waals surface area contributed by atoms with Crippen LogP contribution in [-0.2, 0) is 5.41 Å². The average molecular weight is 309 g/mol. The van der Waals surface area contributed by atoms with Crippen LogP contribution in [0, 0.1) is 11.3 Å². The molecule has 2 rings (SSSR count). The highest BCUT2D eigenvalue weighted by Gasteiger charge is 2.25. The summed E-state index contributed by atoms with van der Waals surface area (Å²) >= 11 is 0. The van der Waals surface area contributed by atoms with Crippen LogP contribution in [0.15, 0.2) is 54.6 Å². The molecular formula is C20H23NO2. The molecule has 23 heavy (non-hydrogen) atoms. The summed E-state index contributed by atoms with van der Waals surface area (Å²) in [7, 11) is 0. The van der Waals surface area contributed by atoms with Crippen LogP contribution in [0.1, 0.15) is 32.3 Å². The maximum atomic E-state index is 9.53.